The predicted molar refractivity (Wildman–Crippen MR) is 385 cm³/mol. The molecular formula is C77H137N5O13. The molecule has 0 bridgehead atoms. The molecule has 1 fully saturated rings. The molecule has 7 N–H and O–H groups in total. The summed E-state index contributed by atoms with van der Waals surface area (Å²) >= 11 is 0. The van der Waals surface area contributed by atoms with Gasteiger partial charge in [-0.05, 0) is 133 Å². The Morgan fingerprint density at radius 1 is 0.600 bits per heavy atom. The third-order valence-electron chi connectivity index (χ3n) is 17.7. The number of ether oxygens (including phenoxy) is 5. The number of esters is 3. The van der Waals surface area contributed by atoms with E-state index in [0.29, 0.717) is 50.1 Å². The van der Waals surface area contributed by atoms with E-state index in [9.17, 15) is 39.0 Å². The minimum absolute atomic E-state index is 0.0148. The van der Waals surface area contributed by atoms with Crippen LogP contribution in [0.5, 0.6) is 0 Å². The van der Waals surface area contributed by atoms with Crippen molar-refractivity contribution in [1.29, 1.82) is 0 Å². The largest absolute Gasteiger partial charge is 0.462 e. The number of allylic oxidation sites excluding steroid dienone is 3. The smallest absolute Gasteiger partial charge is 0.407 e. The zero-order valence-corrected chi connectivity index (χ0v) is 61.1. The third kappa shape index (κ3) is 50.9. The fourth-order valence-corrected chi connectivity index (χ4v) is 12.7. The number of H-pyrrole nitrogens is 1. The van der Waals surface area contributed by atoms with Gasteiger partial charge in [0.1, 0.15) is 19.3 Å². The average molecular weight is 1340 g/mol. The van der Waals surface area contributed by atoms with Crippen molar-refractivity contribution in [2.45, 2.75) is 355 Å². The summed E-state index contributed by atoms with van der Waals surface area (Å²) in [7, 11) is 1.59. The number of nitrogens with two attached hydrogens (primary N) is 1. The molecule has 548 valence electrons. The highest BCUT2D eigenvalue weighted by molar-refractivity contribution is 5.71. The number of nitrogens with zero attached hydrogens (tertiary/aromatic N) is 1. The molecule has 0 spiro atoms. The second-order valence-electron chi connectivity index (χ2n) is 28.1. The van der Waals surface area contributed by atoms with Gasteiger partial charge < -0.3 is 50.3 Å². The van der Waals surface area contributed by atoms with Gasteiger partial charge >= 0.3 is 24.0 Å². The van der Waals surface area contributed by atoms with Gasteiger partial charge in [0.2, 0.25) is 12.4 Å². The van der Waals surface area contributed by atoms with Crippen molar-refractivity contribution in [2.24, 2.45) is 10.8 Å². The Bertz CT molecular complexity index is 2270. The monoisotopic (exact) mass is 1340 g/mol. The molecule has 6 atom stereocenters. The molecule has 0 aliphatic heterocycles. The highest BCUT2D eigenvalue weighted by atomic mass is 16.6. The van der Waals surface area contributed by atoms with Crippen molar-refractivity contribution in [1.82, 2.24) is 20.6 Å². The fourth-order valence-electron chi connectivity index (χ4n) is 12.7. The van der Waals surface area contributed by atoms with E-state index >= 15 is 0 Å². The van der Waals surface area contributed by atoms with Gasteiger partial charge in [-0.1, -0.05) is 206 Å². The molecule has 95 heavy (non-hydrogen) atoms. The predicted octanol–water partition coefficient (Wildman–Crippen LogP) is 16.9. The van der Waals surface area contributed by atoms with Crippen molar-refractivity contribution < 1.29 is 57.9 Å². The molecule has 18 heteroatoms. The number of methoxy groups -OCH3 is 1. The number of alkyl carbamates (subject to hydrolysis) is 1. The van der Waals surface area contributed by atoms with E-state index in [-0.39, 0.29) is 103 Å². The fraction of sp³-hybridized carbons (Fsp3) is 0.805. The highest BCUT2D eigenvalue weighted by Gasteiger charge is 2.42. The topological polar surface area (TPSA) is 268 Å². The lowest BCUT2D eigenvalue weighted by atomic mass is 9.62. The SMILES string of the molecule is CCCCCCC(O)C/C=C/CCCCCCCC(=O)OCC(COC(=O)CCCCCCC/C=C/CC(CCCCCC)OC(=O)NC1CC(C)(C)CC(C)(CNC=O)C1)OC(=O)CCCCCCC/C=C/CC(O)CCCCCC.COCCc1c(C)nc(N)[nH]c1=O. The van der Waals surface area contributed by atoms with Gasteiger partial charge in [0.15, 0.2) is 6.10 Å². The van der Waals surface area contributed by atoms with E-state index in [1.165, 1.54) is 44.9 Å². The molecule has 1 aliphatic rings. The first-order chi connectivity index (χ1) is 45.8. The standard InChI is InChI=1S/C69H124N2O11.C8H13N3O2/c1-7-10-13-34-43-60(73)45-36-28-22-16-19-25-31-40-49-64(75)79-54-63(81-66(77)51-42-33-27-20-17-23-29-37-46-61(74)44-35-14-11-8-2)55-80-65(76)50-41-32-26-21-18-24-30-39-48-62(47-38-15-12-9-3)82-67(78)71-59-52-68(4,5)56-69(6,53-59)57-70-58-72;1-5-6(3-4-13-2)7(12)11-8(9)10-5/h28-30,36-37,39,58-63,73-74H,7-27,31-35,38,40-57H2,1-6H3,(H,70,72)(H,71,78);3-4H2,1-2H3,(H3,9,10,11,12)/b36-28+,37-29+,39-30+;. The Morgan fingerprint density at radius 2 is 1.05 bits per heavy atom. The number of unbranched alkanes of at least 4 members (excludes halogenated alkanes) is 24. The van der Waals surface area contributed by atoms with E-state index in [1.807, 2.05) is 0 Å². The van der Waals surface area contributed by atoms with Crippen LogP contribution in [0.25, 0.3) is 0 Å². The number of aliphatic hydroxyl groups is 2. The van der Waals surface area contributed by atoms with Crippen LogP contribution in [-0.2, 0) is 49.3 Å². The third-order valence-corrected chi connectivity index (χ3v) is 17.7. The van der Waals surface area contributed by atoms with Gasteiger partial charge in [0.05, 0.1) is 24.5 Å². The Hall–Kier alpha value is -5.07. The van der Waals surface area contributed by atoms with Crippen LogP contribution in [-0.4, -0.2) is 115 Å². The van der Waals surface area contributed by atoms with Crippen molar-refractivity contribution in [3.8, 4) is 0 Å². The number of aryl methyl sites for hydroxylation is 1. The van der Waals surface area contributed by atoms with Crippen LogP contribution in [0.4, 0.5) is 10.7 Å². The first kappa shape index (κ1) is 87.9. The number of hydrogen-bond acceptors (Lipinski definition) is 15. The number of hydrogen-bond donors (Lipinski definition) is 6. The quantitative estimate of drug-likeness (QED) is 0.0116. The maximum Gasteiger partial charge on any atom is 0.407 e. The maximum absolute atomic E-state index is 13.2. The molecule has 1 aromatic heterocycles. The average Bonchev–Trinajstić information content (AvgIpc) is 0.816. The van der Waals surface area contributed by atoms with Crippen LogP contribution in [0.3, 0.4) is 0 Å². The molecule has 0 aromatic carbocycles. The molecule has 0 saturated heterocycles. The first-order valence-corrected chi connectivity index (χ1v) is 37.6. The highest BCUT2D eigenvalue weighted by Crippen LogP contribution is 2.46. The summed E-state index contributed by atoms with van der Waals surface area (Å²) < 4.78 is 27.8. The van der Waals surface area contributed by atoms with Crippen LogP contribution in [0.1, 0.15) is 322 Å². The zero-order valence-electron chi connectivity index (χ0n) is 61.1. The Morgan fingerprint density at radius 3 is 1.53 bits per heavy atom. The number of aromatic nitrogens is 2. The summed E-state index contributed by atoms with van der Waals surface area (Å²) in [6.45, 7) is 15.8. The molecule has 18 nitrogen and oxygen atoms in total. The molecule has 1 saturated carbocycles. The lowest BCUT2D eigenvalue weighted by Gasteiger charge is -2.46. The van der Waals surface area contributed by atoms with Crippen molar-refractivity contribution >= 4 is 36.4 Å². The van der Waals surface area contributed by atoms with E-state index in [2.05, 4.69) is 98.6 Å². The number of rotatable bonds is 58. The van der Waals surface area contributed by atoms with E-state index in [0.717, 1.165) is 193 Å². The van der Waals surface area contributed by atoms with Gasteiger partial charge in [-0.25, -0.2) is 9.78 Å². The summed E-state index contributed by atoms with van der Waals surface area (Å²) in [4.78, 5) is 80.6. The molecular weight excluding hydrogens is 1200 g/mol. The zero-order chi connectivity index (χ0) is 70.1. The number of carbonyl (C=O) groups is 5. The number of nitrogen functional groups attached to an aromatic ring is 1. The number of aromatic amines is 1. The van der Waals surface area contributed by atoms with E-state index in [1.54, 1.807) is 14.0 Å². The lowest BCUT2D eigenvalue weighted by molar-refractivity contribution is -0.167. The summed E-state index contributed by atoms with van der Waals surface area (Å²) in [6.07, 6.45) is 51.4. The normalized spacial score (nSPS) is 16.6. The molecule has 1 aliphatic carbocycles. The van der Waals surface area contributed by atoms with Gasteiger partial charge in [-0.15, -0.1) is 0 Å². The Kier molecular flexibility index (Phi) is 53.6. The van der Waals surface area contributed by atoms with Gasteiger partial charge in [-0.2, -0.15) is 0 Å². The van der Waals surface area contributed by atoms with Crippen LogP contribution >= 0.6 is 0 Å². The van der Waals surface area contributed by atoms with Gasteiger partial charge in [-0.3, -0.25) is 29.0 Å². The van der Waals surface area contributed by atoms with Gasteiger partial charge in [0, 0.05) is 57.4 Å². The van der Waals surface area contributed by atoms with Crippen molar-refractivity contribution in [3.05, 3.63) is 58.1 Å². The van der Waals surface area contributed by atoms with E-state index < -0.39 is 6.10 Å². The molecule has 2 rings (SSSR count). The maximum atomic E-state index is 13.2. The minimum atomic E-state index is -0.866. The second kappa shape index (κ2) is 57.9. The number of anilines is 1. The number of amides is 2. The molecule has 0 radical (unpaired) electrons. The molecule has 1 aromatic rings. The summed E-state index contributed by atoms with van der Waals surface area (Å²) in [5, 5.41) is 26.4. The molecule has 6 unspecified atom stereocenters. The summed E-state index contributed by atoms with van der Waals surface area (Å²) in [5.41, 5.74) is 6.42. The Labute approximate surface area is 575 Å². The minimum Gasteiger partial charge on any atom is -0.462 e. The molecule has 1 heterocycles. The number of nitrogens with one attached hydrogen (secondary N) is 3. The van der Waals surface area contributed by atoms with Crippen LogP contribution in [0.15, 0.2) is 41.3 Å². The molecule has 2 amide bonds. The van der Waals surface area contributed by atoms with Crippen LogP contribution in [0.2, 0.25) is 0 Å². The van der Waals surface area contributed by atoms with Gasteiger partial charge in [0.25, 0.3) is 5.56 Å². The second-order valence-corrected chi connectivity index (χ2v) is 28.1. The first-order valence-electron chi connectivity index (χ1n) is 37.6. The van der Waals surface area contributed by atoms with Crippen molar-refractivity contribution in [2.75, 3.05) is 39.2 Å². The number of carbonyl (C=O) groups excluding carboxylic acids is 5. The van der Waals surface area contributed by atoms with Crippen LogP contribution < -0.4 is 21.9 Å². The lowest BCUT2D eigenvalue weighted by Crippen LogP contribution is -2.50. The number of aliphatic hydroxyl groups excluding tert-OH is 2. The Balaban J connectivity index is 0.00000307. The van der Waals surface area contributed by atoms with Crippen molar-refractivity contribution in [3.63, 3.8) is 0 Å². The summed E-state index contributed by atoms with van der Waals surface area (Å²) in [6, 6.07) is -0.0148. The van der Waals surface area contributed by atoms with E-state index in [4.69, 9.17) is 29.4 Å². The van der Waals surface area contributed by atoms with Crippen LogP contribution in [0, 0.1) is 17.8 Å². The summed E-state index contributed by atoms with van der Waals surface area (Å²) in [5.74, 6) is -0.937.